The van der Waals surface area contributed by atoms with Gasteiger partial charge in [-0.1, -0.05) is 42.1 Å². The molecule has 1 aromatic carbocycles. The first-order valence-corrected chi connectivity index (χ1v) is 10.1. The second-order valence-electron chi connectivity index (χ2n) is 6.55. The summed E-state index contributed by atoms with van der Waals surface area (Å²) in [6.45, 7) is 2.85. The molecule has 0 aliphatic carbocycles. The largest absolute Gasteiger partial charge is 0.344 e. The van der Waals surface area contributed by atoms with E-state index in [1.54, 1.807) is 24.3 Å². The Hall–Kier alpha value is -3.18. The van der Waals surface area contributed by atoms with E-state index in [4.69, 9.17) is 5.26 Å². The zero-order chi connectivity index (χ0) is 20.6. The highest BCUT2D eigenvalue weighted by molar-refractivity contribution is 8.00. The molecule has 0 aliphatic rings. The number of nitrogens with zero attached hydrogens (tertiary/aromatic N) is 6. The van der Waals surface area contributed by atoms with E-state index in [2.05, 4.69) is 21.3 Å². The van der Waals surface area contributed by atoms with Crippen molar-refractivity contribution >= 4 is 17.7 Å². The Labute approximate surface area is 174 Å². The van der Waals surface area contributed by atoms with Gasteiger partial charge in [0.1, 0.15) is 0 Å². The van der Waals surface area contributed by atoms with Gasteiger partial charge in [-0.3, -0.25) is 14.3 Å². The molecular formula is C21H22N6OS. The molecule has 0 saturated heterocycles. The molecule has 1 atom stereocenters. The summed E-state index contributed by atoms with van der Waals surface area (Å²) in [6.07, 6.45) is 3.79. The number of thioether (sulfide) groups is 1. The smallest absolute Gasteiger partial charge is 0.235 e. The highest BCUT2D eigenvalue weighted by Crippen LogP contribution is 2.28. The molecule has 0 fully saturated rings. The van der Waals surface area contributed by atoms with Crippen molar-refractivity contribution < 1.29 is 4.79 Å². The number of rotatable bonds is 8. The number of carbonyl (C=O) groups excluding carboxylic acids is 1. The number of hydrogen-bond donors (Lipinski definition) is 0. The predicted molar refractivity (Wildman–Crippen MR) is 112 cm³/mol. The lowest BCUT2D eigenvalue weighted by molar-refractivity contribution is -0.128. The summed E-state index contributed by atoms with van der Waals surface area (Å²) < 4.78 is 2.01. The number of hydrogen-bond acceptors (Lipinski definition) is 6. The lowest BCUT2D eigenvalue weighted by Crippen LogP contribution is -2.34. The van der Waals surface area contributed by atoms with Gasteiger partial charge in [0, 0.05) is 31.5 Å². The van der Waals surface area contributed by atoms with Crippen LogP contribution in [0.5, 0.6) is 0 Å². The number of nitriles is 1. The van der Waals surface area contributed by atoms with Gasteiger partial charge in [0.15, 0.2) is 11.0 Å². The van der Waals surface area contributed by atoms with Crippen molar-refractivity contribution in [1.29, 1.82) is 5.26 Å². The minimum Gasteiger partial charge on any atom is -0.344 e. The molecule has 7 nitrogen and oxygen atoms in total. The third-order valence-corrected chi connectivity index (χ3v) is 5.45. The molecule has 3 rings (SSSR count). The third kappa shape index (κ3) is 5.21. The summed E-state index contributed by atoms with van der Waals surface area (Å²) in [4.78, 5) is 18.4. The lowest BCUT2D eigenvalue weighted by Gasteiger charge is -2.20. The summed E-state index contributed by atoms with van der Waals surface area (Å²) in [5.41, 5.74) is 1.98. The van der Waals surface area contributed by atoms with Crippen molar-refractivity contribution in [2.24, 2.45) is 0 Å². The molecular weight excluding hydrogens is 384 g/mol. The number of carbonyl (C=O) groups is 1. The average molecular weight is 407 g/mol. The normalized spacial score (nSPS) is 11.6. The van der Waals surface area contributed by atoms with Crippen LogP contribution in [0, 0.1) is 11.3 Å². The fourth-order valence-corrected chi connectivity index (χ4v) is 3.80. The van der Waals surface area contributed by atoms with Crippen LogP contribution in [0.25, 0.3) is 11.4 Å². The van der Waals surface area contributed by atoms with Gasteiger partial charge in [0.05, 0.1) is 24.3 Å². The molecule has 0 unspecified atom stereocenters. The van der Waals surface area contributed by atoms with E-state index in [0.29, 0.717) is 30.5 Å². The second kappa shape index (κ2) is 9.85. The number of benzene rings is 1. The fourth-order valence-electron chi connectivity index (χ4n) is 2.84. The second-order valence-corrected chi connectivity index (χ2v) is 7.86. The van der Waals surface area contributed by atoms with Crippen molar-refractivity contribution in [3.63, 3.8) is 0 Å². The van der Waals surface area contributed by atoms with Crippen molar-refractivity contribution in [3.8, 4) is 17.5 Å². The van der Waals surface area contributed by atoms with Gasteiger partial charge in [-0.15, -0.1) is 10.2 Å². The molecule has 0 aliphatic heterocycles. The molecule has 0 radical (unpaired) electrons. The number of pyridine rings is 1. The summed E-state index contributed by atoms with van der Waals surface area (Å²) in [6, 6.07) is 15.9. The molecule has 0 saturated carbocycles. The lowest BCUT2D eigenvalue weighted by atomic mass is 10.2. The van der Waals surface area contributed by atoms with E-state index >= 15 is 0 Å². The van der Waals surface area contributed by atoms with Crippen LogP contribution in [0.2, 0.25) is 0 Å². The van der Waals surface area contributed by atoms with E-state index < -0.39 is 0 Å². The summed E-state index contributed by atoms with van der Waals surface area (Å²) in [7, 11) is 1.71. The van der Waals surface area contributed by atoms with Crippen LogP contribution in [-0.4, -0.2) is 49.4 Å². The van der Waals surface area contributed by atoms with E-state index in [0.717, 1.165) is 11.1 Å². The van der Waals surface area contributed by atoms with E-state index in [1.807, 2.05) is 54.0 Å². The van der Waals surface area contributed by atoms with E-state index in [1.165, 1.54) is 11.8 Å². The van der Waals surface area contributed by atoms with Crippen LogP contribution in [0.15, 0.2) is 60.0 Å². The average Bonchev–Trinajstić information content (AvgIpc) is 3.14. The Morgan fingerprint density at radius 3 is 2.72 bits per heavy atom. The van der Waals surface area contributed by atoms with Gasteiger partial charge < -0.3 is 4.90 Å². The van der Waals surface area contributed by atoms with Gasteiger partial charge in [0.25, 0.3) is 0 Å². The maximum Gasteiger partial charge on any atom is 0.235 e. The van der Waals surface area contributed by atoms with Crippen LogP contribution in [0.4, 0.5) is 0 Å². The van der Waals surface area contributed by atoms with Crippen molar-refractivity contribution in [2.45, 2.75) is 30.3 Å². The molecule has 0 N–H and O–H groups in total. The highest BCUT2D eigenvalue weighted by Gasteiger charge is 2.23. The van der Waals surface area contributed by atoms with Gasteiger partial charge in [-0.25, -0.2) is 0 Å². The minimum absolute atomic E-state index is 0.0394. The highest BCUT2D eigenvalue weighted by atomic mass is 32.2. The van der Waals surface area contributed by atoms with Crippen LogP contribution in [-0.2, 0) is 11.3 Å². The monoisotopic (exact) mass is 406 g/mol. The van der Waals surface area contributed by atoms with Crippen LogP contribution in [0.3, 0.4) is 0 Å². The Kier molecular flexibility index (Phi) is 6.98. The standard InChI is InChI=1S/C21H22N6OS/c1-16(20(28)26(2)13-7-11-22)29-21-25-24-19(18-10-6-12-23-14-18)27(21)15-17-8-4-3-5-9-17/h3-6,8-10,12,14,16H,7,13,15H2,1-2H3/t16-/m1/s1. The summed E-state index contributed by atoms with van der Waals surface area (Å²) >= 11 is 1.37. The Bertz CT molecular complexity index is 983. The Morgan fingerprint density at radius 2 is 2.03 bits per heavy atom. The van der Waals surface area contributed by atoms with Crippen LogP contribution < -0.4 is 0 Å². The predicted octanol–water partition coefficient (Wildman–Crippen LogP) is 3.24. The first kappa shape index (κ1) is 20.6. The van der Waals surface area contributed by atoms with Crippen molar-refractivity contribution in [2.75, 3.05) is 13.6 Å². The molecule has 0 bridgehead atoms. The molecule has 3 aromatic rings. The molecule has 8 heteroatoms. The molecule has 148 valence electrons. The van der Waals surface area contributed by atoms with Crippen molar-refractivity contribution in [3.05, 3.63) is 60.4 Å². The zero-order valence-corrected chi connectivity index (χ0v) is 17.2. The van der Waals surface area contributed by atoms with E-state index in [-0.39, 0.29) is 11.2 Å². The van der Waals surface area contributed by atoms with Gasteiger partial charge in [-0.2, -0.15) is 5.26 Å². The minimum atomic E-state index is -0.348. The Morgan fingerprint density at radius 1 is 1.24 bits per heavy atom. The number of aromatic nitrogens is 4. The number of amides is 1. The molecule has 1 amide bonds. The molecule has 0 spiro atoms. The van der Waals surface area contributed by atoms with Crippen LogP contribution in [0.1, 0.15) is 18.9 Å². The third-order valence-electron chi connectivity index (χ3n) is 4.39. The van der Waals surface area contributed by atoms with Crippen LogP contribution >= 0.6 is 11.8 Å². The van der Waals surface area contributed by atoms with Crippen molar-refractivity contribution in [1.82, 2.24) is 24.6 Å². The first-order valence-electron chi connectivity index (χ1n) is 9.26. The van der Waals surface area contributed by atoms with Gasteiger partial charge in [0.2, 0.25) is 5.91 Å². The topological polar surface area (TPSA) is 87.7 Å². The van der Waals surface area contributed by atoms with E-state index in [9.17, 15) is 4.79 Å². The fraction of sp³-hybridized carbons (Fsp3) is 0.286. The SMILES string of the molecule is C[C@@H](Sc1nnc(-c2cccnc2)n1Cc1ccccc1)C(=O)N(C)CCC#N. The summed E-state index contributed by atoms with van der Waals surface area (Å²) in [5, 5.41) is 17.8. The van der Waals surface area contributed by atoms with Gasteiger partial charge >= 0.3 is 0 Å². The maximum atomic E-state index is 12.6. The van der Waals surface area contributed by atoms with Gasteiger partial charge in [-0.05, 0) is 24.6 Å². The maximum absolute atomic E-state index is 12.6. The summed E-state index contributed by atoms with van der Waals surface area (Å²) in [5.74, 6) is 0.671. The first-order chi connectivity index (χ1) is 14.1. The zero-order valence-electron chi connectivity index (χ0n) is 16.4. The molecule has 29 heavy (non-hydrogen) atoms. The molecule has 2 heterocycles. The quantitative estimate of drug-likeness (QED) is 0.534. The Balaban J connectivity index is 1.87. The molecule has 2 aromatic heterocycles.